The zero-order chi connectivity index (χ0) is 29.8. The first kappa shape index (κ1) is 27.7. The average Bonchev–Trinajstić information content (AvgIpc) is 3.10. The van der Waals surface area contributed by atoms with Crippen LogP contribution in [0.5, 0.6) is 0 Å². The van der Waals surface area contributed by atoms with Crippen LogP contribution in [0.15, 0.2) is 36.4 Å². The highest BCUT2D eigenvalue weighted by Gasteiger charge is 2.44. The van der Waals surface area contributed by atoms with Gasteiger partial charge in [-0.15, -0.1) is 0 Å². The largest absolute Gasteiger partial charge is 0.192 e. The third kappa shape index (κ3) is 4.33. The second-order valence-corrected chi connectivity index (χ2v) is 14.4. The van der Waals surface area contributed by atoms with E-state index in [1.165, 1.54) is 108 Å². The lowest BCUT2D eigenvalue weighted by molar-refractivity contribution is 0.441. The summed E-state index contributed by atoms with van der Waals surface area (Å²) >= 11 is 0. The molecule has 0 atom stereocenters. The van der Waals surface area contributed by atoms with E-state index in [1.54, 1.807) is 0 Å². The molecule has 0 unspecified atom stereocenters. The van der Waals surface area contributed by atoms with Crippen molar-refractivity contribution in [2.45, 2.75) is 126 Å². The summed E-state index contributed by atoms with van der Waals surface area (Å²) in [4.78, 5) is 0. The summed E-state index contributed by atoms with van der Waals surface area (Å²) in [6.07, 6.45) is 18.2. The summed E-state index contributed by atoms with van der Waals surface area (Å²) < 4.78 is 0. The van der Waals surface area contributed by atoms with E-state index in [-0.39, 0.29) is 11.8 Å². The first-order valence-corrected chi connectivity index (χ1v) is 17.4. The Morgan fingerprint density at radius 2 is 0.591 bits per heavy atom. The smallest absolute Gasteiger partial charge is 0.0994 e. The molecule has 9 rings (SSSR count). The van der Waals surface area contributed by atoms with Crippen molar-refractivity contribution in [3.8, 4) is 18.2 Å². The van der Waals surface area contributed by atoms with Crippen molar-refractivity contribution in [1.82, 2.24) is 0 Å². The fraction of sp³-hybridized carbons (Fsp3) is 0.488. The Bertz CT molecular complexity index is 1670. The molecular formula is C41H41N3. The molecule has 0 heterocycles. The molecule has 0 saturated heterocycles. The molecule has 6 aliphatic carbocycles. The molecule has 0 amide bonds. The summed E-state index contributed by atoms with van der Waals surface area (Å²) in [5.41, 5.74) is 14.0. The highest BCUT2D eigenvalue weighted by atomic mass is 14.5. The number of hydrogen-bond donors (Lipinski definition) is 0. The minimum atomic E-state index is -0.00454. The molecule has 2 bridgehead atoms. The van der Waals surface area contributed by atoms with E-state index in [9.17, 15) is 15.8 Å². The molecule has 0 aliphatic heterocycles. The fourth-order valence-corrected chi connectivity index (χ4v) is 10.0. The van der Waals surface area contributed by atoms with Crippen LogP contribution in [0.2, 0.25) is 0 Å². The lowest BCUT2D eigenvalue weighted by Gasteiger charge is -2.44. The molecule has 3 nitrogen and oxygen atoms in total. The lowest BCUT2D eigenvalue weighted by atomic mass is 9.58. The lowest BCUT2D eigenvalue weighted by Crippen LogP contribution is -2.29. The quantitative estimate of drug-likeness (QED) is 0.215. The van der Waals surface area contributed by atoms with Gasteiger partial charge < -0.3 is 0 Å². The van der Waals surface area contributed by atoms with Crippen molar-refractivity contribution in [1.29, 1.82) is 15.8 Å². The standard InChI is InChI=1S/C41H41N3/c42-22-28-16-34-38(20-32(28)26-12-6-2-7-13-26)41-36-18-30(24-44)31(25-10-4-1-5-11-25)19-37(36)40(34)35-17-29(23-43)33(21-39(35)41)27-14-8-3-9-15-27/h16-21,25-27,40-41H,1-15H2. The molecular weight excluding hydrogens is 534 g/mol. The number of hydrogen-bond acceptors (Lipinski definition) is 3. The minimum Gasteiger partial charge on any atom is -0.192 e. The number of benzene rings is 3. The van der Waals surface area contributed by atoms with Gasteiger partial charge in [-0.2, -0.15) is 15.8 Å². The van der Waals surface area contributed by atoms with E-state index < -0.39 is 0 Å². The number of rotatable bonds is 3. The van der Waals surface area contributed by atoms with Crippen LogP contribution < -0.4 is 0 Å². The van der Waals surface area contributed by atoms with Crippen LogP contribution >= 0.6 is 0 Å². The van der Waals surface area contributed by atoms with Gasteiger partial charge in [-0.25, -0.2) is 0 Å². The van der Waals surface area contributed by atoms with Crippen molar-refractivity contribution < 1.29 is 0 Å². The Labute approximate surface area is 262 Å². The van der Waals surface area contributed by atoms with Gasteiger partial charge in [0.25, 0.3) is 0 Å². The van der Waals surface area contributed by atoms with Gasteiger partial charge in [-0.1, -0.05) is 76.0 Å². The molecule has 44 heavy (non-hydrogen) atoms. The molecule has 3 aromatic rings. The molecule has 3 heteroatoms. The van der Waals surface area contributed by atoms with Gasteiger partial charge in [0, 0.05) is 11.8 Å². The molecule has 0 spiro atoms. The maximum Gasteiger partial charge on any atom is 0.0994 e. The zero-order valence-corrected chi connectivity index (χ0v) is 25.8. The maximum absolute atomic E-state index is 10.5. The second kappa shape index (κ2) is 11.2. The topological polar surface area (TPSA) is 71.4 Å². The summed E-state index contributed by atoms with van der Waals surface area (Å²) in [7, 11) is 0. The SMILES string of the molecule is N#Cc1cc2c(cc1C1CCCCC1)C1c3cc(C#N)c(C4CCCCC4)cc3C2c2cc(C3CCCCC3)c(C#N)cc21. The van der Waals surface area contributed by atoms with Gasteiger partial charge in [0.1, 0.15) is 0 Å². The van der Waals surface area contributed by atoms with Crippen LogP contribution in [0.25, 0.3) is 0 Å². The van der Waals surface area contributed by atoms with E-state index >= 15 is 0 Å². The zero-order valence-electron chi connectivity index (χ0n) is 25.8. The molecule has 3 saturated carbocycles. The third-order valence-electron chi connectivity index (χ3n) is 12.1. The molecule has 220 valence electrons. The van der Waals surface area contributed by atoms with Crippen LogP contribution in [0.4, 0.5) is 0 Å². The Morgan fingerprint density at radius 1 is 0.341 bits per heavy atom. The Morgan fingerprint density at radius 3 is 0.841 bits per heavy atom. The van der Waals surface area contributed by atoms with Gasteiger partial charge in [-0.3, -0.25) is 0 Å². The van der Waals surface area contributed by atoms with E-state index in [1.807, 2.05) is 0 Å². The number of nitrogens with zero attached hydrogens (tertiary/aromatic N) is 3. The minimum absolute atomic E-state index is 0.00454. The van der Waals surface area contributed by atoms with Crippen LogP contribution in [-0.4, -0.2) is 0 Å². The van der Waals surface area contributed by atoms with Gasteiger partial charge >= 0.3 is 0 Å². The normalized spacial score (nSPS) is 23.1. The van der Waals surface area contributed by atoms with Crippen LogP contribution in [0.3, 0.4) is 0 Å². The van der Waals surface area contributed by atoms with Gasteiger partial charge in [0.05, 0.1) is 34.9 Å². The van der Waals surface area contributed by atoms with E-state index in [4.69, 9.17) is 0 Å². The summed E-state index contributed by atoms with van der Waals surface area (Å²) in [5.74, 6) is 1.37. The first-order valence-electron chi connectivity index (χ1n) is 17.4. The summed E-state index contributed by atoms with van der Waals surface area (Å²) in [5, 5.41) is 31.3. The van der Waals surface area contributed by atoms with Gasteiger partial charge in [-0.05, 0) is 125 Å². The molecule has 3 fully saturated rings. The van der Waals surface area contributed by atoms with Crippen molar-refractivity contribution in [3.05, 3.63) is 103 Å². The highest BCUT2D eigenvalue weighted by molar-refractivity contribution is 5.72. The van der Waals surface area contributed by atoms with Crippen molar-refractivity contribution in [2.24, 2.45) is 0 Å². The molecule has 0 radical (unpaired) electrons. The van der Waals surface area contributed by atoms with Crippen molar-refractivity contribution >= 4 is 0 Å². The first-order chi connectivity index (χ1) is 21.7. The van der Waals surface area contributed by atoms with Crippen LogP contribution in [0, 0.1) is 34.0 Å². The molecule has 6 aliphatic rings. The molecule has 3 aromatic carbocycles. The van der Waals surface area contributed by atoms with E-state index in [2.05, 4.69) is 54.6 Å². The maximum atomic E-state index is 10.5. The second-order valence-electron chi connectivity index (χ2n) is 14.4. The fourth-order valence-electron chi connectivity index (χ4n) is 10.0. The predicted molar refractivity (Wildman–Crippen MR) is 173 cm³/mol. The van der Waals surface area contributed by atoms with Gasteiger partial charge in [0.15, 0.2) is 0 Å². The average molecular weight is 576 g/mol. The number of nitriles is 3. The Balaban J connectivity index is 1.36. The molecule has 0 aromatic heterocycles. The van der Waals surface area contributed by atoms with Crippen LogP contribution in [-0.2, 0) is 0 Å². The van der Waals surface area contributed by atoms with Crippen molar-refractivity contribution in [2.75, 3.05) is 0 Å². The summed E-state index contributed by atoms with van der Waals surface area (Å²) in [6, 6.07) is 21.8. The van der Waals surface area contributed by atoms with Crippen molar-refractivity contribution in [3.63, 3.8) is 0 Å². The Kier molecular flexibility index (Phi) is 7.07. The summed E-state index contributed by atoms with van der Waals surface area (Å²) in [6.45, 7) is 0. The van der Waals surface area contributed by atoms with E-state index in [0.717, 1.165) is 55.2 Å². The third-order valence-corrected chi connectivity index (χ3v) is 12.1. The van der Waals surface area contributed by atoms with E-state index in [0.29, 0.717) is 17.8 Å². The Hall–Kier alpha value is -3.87. The highest BCUT2D eigenvalue weighted by Crippen LogP contribution is 2.58. The van der Waals surface area contributed by atoms with Crippen LogP contribution in [0.1, 0.15) is 193 Å². The van der Waals surface area contributed by atoms with Gasteiger partial charge in [0.2, 0.25) is 0 Å². The predicted octanol–water partition coefficient (Wildman–Crippen LogP) is 10.4. The molecule has 0 N–H and O–H groups in total. The monoisotopic (exact) mass is 575 g/mol.